The zero-order chi connectivity index (χ0) is 23.3. The molecule has 1 aromatic heterocycles. The molecule has 168 valence electrons. The maximum atomic E-state index is 13.4. The second-order valence-electron chi connectivity index (χ2n) is 7.17. The van der Waals surface area contributed by atoms with Gasteiger partial charge in [0.2, 0.25) is 5.91 Å². The van der Waals surface area contributed by atoms with E-state index in [4.69, 9.17) is 0 Å². The molecule has 0 aliphatic carbocycles. The average Bonchev–Trinajstić information content (AvgIpc) is 3.38. The molecule has 8 heteroatoms. The Balaban J connectivity index is 1.49. The van der Waals surface area contributed by atoms with Crippen LogP contribution in [0.3, 0.4) is 0 Å². The van der Waals surface area contributed by atoms with Gasteiger partial charge in [0.15, 0.2) is 0 Å². The van der Waals surface area contributed by atoms with Crippen molar-refractivity contribution in [2.24, 2.45) is 0 Å². The Morgan fingerprint density at radius 1 is 0.848 bits per heavy atom. The molecule has 1 unspecified atom stereocenters. The van der Waals surface area contributed by atoms with Gasteiger partial charge in [-0.2, -0.15) is 0 Å². The van der Waals surface area contributed by atoms with Crippen LogP contribution in [0.5, 0.6) is 0 Å². The van der Waals surface area contributed by atoms with Crippen molar-refractivity contribution in [1.82, 2.24) is 0 Å². The predicted molar refractivity (Wildman–Crippen MR) is 137 cm³/mol. The molecule has 0 radical (unpaired) electrons. The third-order valence-electron chi connectivity index (χ3n) is 4.78. The normalized spacial score (nSPS) is 12.2. The van der Waals surface area contributed by atoms with Crippen molar-refractivity contribution in [2.45, 2.75) is 21.3 Å². The molecule has 0 aliphatic heterocycles. The first-order valence-electron chi connectivity index (χ1n) is 10.2. The molecule has 33 heavy (non-hydrogen) atoms. The van der Waals surface area contributed by atoms with Crippen LogP contribution in [0.4, 0.5) is 17.1 Å². The third-order valence-corrected chi connectivity index (χ3v) is 8.65. The minimum atomic E-state index is -3.59. The number of anilines is 3. The van der Waals surface area contributed by atoms with Crippen LogP contribution in [0, 0.1) is 0 Å². The minimum Gasteiger partial charge on any atom is -0.280 e. The van der Waals surface area contributed by atoms with Crippen LogP contribution >= 0.6 is 23.1 Å². The zero-order valence-electron chi connectivity index (χ0n) is 17.8. The minimum absolute atomic E-state index is 0.0418. The van der Waals surface area contributed by atoms with Crippen LogP contribution in [0.2, 0.25) is 0 Å². The van der Waals surface area contributed by atoms with Crippen molar-refractivity contribution in [3.05, 3.63) is 102 Å². The Morgan fingerprint density at radius 3 is 1.94 bits per heavy atom. The zero-order valence-corrected chi connectivity index (χ0v) is 20.2. The number of benzene rings is 3. The molecule has 1 amide bonds. The lowest BCUT2D eigenvalue weighted by molar-refractivity contribution is -0.117. The van der Waals surface area contributed by atoms with E-state index in [1.165, 1.54) is 23.1 Å². The first-order chi connectivity index (χ1) is 15.9. The van der Waals surface area contributed by atoms with Crippen LogP contribution in [0.15, 0.2) is 112 Å². The maximum Gasteiger partial charge on any atom is 0.271 e. The lowest BCUT2D eigenvalue weighted by atomic mass is 10.2. The number of nitrogens with zero attached hydrogens (tertiary/aromatic N) is 1. The molecule has 1 atom stereocenters. The fraction of sp³-hybridized carbons (Fsp3) is 0.0800. The summed E-state index contributed by atoms with van der Waals surface area (Å²) in [7, 11) is -3.59. The van der Waals surface area contributed by atoms with Gasteiger partial charge in [-0.15, -0.1) is 23.1 Å². The van der Waals surface area contributed by atoms with Gasteiger partial charge in [0, 0.05) is 22.0 Å². The van der Waals surface area contributed by atoms with Crippen LogP contribution in [0.25, 0.3) is 0 Å². The predicted octanol–water partition coefficient (Wildman–Crippen LogP) is 6.39. The summed E-state index contributed by atoms with van der Waals surface area (Å²) in [6, 6.07) is 29.4. The summed E-state index contributed by atoms with van der Waals surface area (Å²) in [6.45, 7) is 1.87. The van der Waals surface area contributed by atoms with Gasteiger partial charge in [0.1, 0.15) is 4.21 Å². The summed E-state index contributed by atoms with van der Waals surface area (Å²) >= 11 is 2.59. The quantitative estimate of drug-likeness (QED) is 0.288. The topological polar surface area (TPSA) is 66.5 Å². The summed E-state index contributed by atoms with van der Waals surface area (Å²) < 4.78 is 27.7. The SMILES string of the molecule is CC(Sc1ccc(NS(=O)(=O)c2cccs2)cc1)C(=O)N(c1ccccc1)c1ccccc1. The number of para-hydroxylation sites is 2. The van der Waals surface area contributed by atoms with Crippen molar-refractivity contribution in [3.63, 3.8) is 0 Å². The van der Waals surface area contributed by atoms with Gasteiger partial charge >= 0.3 is 0 Å². The molecule has 0 aliphatic rings. The van der Waals surface area contributed by atoms with E-state index >= 15 is 0 Å². The summed E-state index contributed by atoms with van der Waals surface area (Å²) in [5.74, 6) is -0.0418. The highest BCUT2D eigenvalue weighted by molar-refractivity contribution is 8.00. The highest BCUT2D eigenvalue weighted by Crippen LogP contribution is 2.32. The Kier molecular flexibility index (Phi) is 7.17. The Bertz CT molecular complexity index is 1250. The highest BCUT2D eigenvalue weighted by atomic mass is 32.2. The van der Waals surface area contributed by atoms with E-state index in [2.05, 4.69) is 4.72 Å². The van der Waals surface area contributed by atoms with Crippen molar-refractivity contribution >= 4 is 56.1 Å². The van der Waals surface area contributed by atoms with E-state index in [0.29, 0.717) is 5.69 Å². The summed E-state index contributed by atoms with van der Waals surface area (Å²) in [5, 5.41) is 1.36. The second kappa shape index (κ2) is 10.2. The molecule has 5 nitrogen and oxygen atoms in total. The number of thioether (sulfide) groups is 1. The maximum absolute atomic E-state index is 13.4. The van der Waals surface area contributed by atoms with Gasteiger partial charge in [-0.05, 0) is 66.9 Å². The fourth-order valence-electron chi connectivity index (χ4n) is 3.22. The fourth-order valence-corrected chi connectivity index (χ4v) is 6.18. The molecule has 0 fully saturated rings. The molecule has 4 rings (SSSR count). The lowest BCUT2D eigenvalue weighted by Crippen LogP contribution is -2.32. The number of nitrogens with one attached hydrogen (secondary N) is 1. The number of amides is 1. The van der Waals surface area contributed by atoms with E-state index in [9.17, 15) is 13.2 Å². The molecular formula is C25H22N2O3S3. The van der Waals surface area contributed by atoms with Crippen molar-refractivity contribution in [3.8, 4) is 0 Å². The molecule has 1 N–H and O–H groups in total. The van der Waals surface area contributed by atoms with Crippen LogP contribution in [-0.4, -0.2) is 19.6 Å². The van der Waals surface area contributed by atoms with Crippen molar-refractivity contribution in [2.75, 3.05) is 9.62 Å². The Hall–Kier alpha value is -3.07. The van der Waals surface area contributed by atoms with Crippen molar-refractivity contribution < 1.29 is 13.2 Å². The lowest BCUT2D eigenvalue weighted by Gasteiger charge is -2.26. The molecule has 4 aromatic rings. The van der Waals surface area contributed by atoms with Crippen molar-refractivity contribution in [1.29, 1.82) is 0 Å². The van der Waals surface area contributed by atoms with E-state index in [1.807, 2.05) is 79.7 Å². The molecule has 0 saturated heterocycles. The van der Waals surface area contributed by atoms with Gasteiger partial charge in [-0.3, -0.25) is 14.4 Å². The monoisotopic (exact) mass is 494 g/mol. The smallest absolute Gasteiger partial charge is 0.271 e. The summed E-state index contributed by atoms with van der Waals surface area (Å²) in [5.41, 5.74) is 2.08. The number of sulfonamides is 1. The standard InChI is InChI=1S/C25H22N2O3S3/c1-19(25(28)27(21-9-4-2-5-10-21)22-11-6-3-7-12-22)32-23-16-14-20(15-17-23)26-33(29,30)24-13-8-18-31-24/h2-19,26H,1H3. The molecular weight excluding hydrogens is 472 g/mol. The number of thiophene rings is 1. The Labute approximate surface area is 202 Å². The average molecular weight is 495 g/mol. The Morgan fingerprint density at radius 2 is 1.42 bits per heavy atom. The molecule has 0 bridgehead atoms. The molecule has 0 spiro atoms. The second-order valence-corrected chi connectivity index (χ2v) is 11.4. The van der Waals surface area contributed by atoms with Crippen LogP contribution in [0.1, 0.15) is 6.92 Å². The van der Waals surface area contributed by atoms with E-state index in [0.717, 1.165) is 16.3 Å². The highest BCUT2D eigenvalue weighted by Gasteiger charge is 2.24. The summed E-state index contributed by atoms with van der Waals surface area (Å²) in [4.78, 5) is 16.0. The molecule has 0 saturated carbocycles. The first kappa shape index (κ1) is 23.1. The number of hydrogen-bond acceptors (Lipinski definition) is 5. The number of carbonyl (C=O) groups is 1. The van der Waals surface area contributed by atoms with E-state index < -0.39 is 10.0 Å². The summed E-state index contributed by atoms with van der Waals surface area (Å²) in [6.07, 6.45) is 0. The number of carbonyl (C=O) groups excluding carboxylic acids is 1. The first-order valence-corrected chi connectivity index (χ1v) is 13.5. The van der Waals surface area contributed by atoms with Gasteiger partial charge in [-0.1, -0.05) is 42.5 Å². The number of hydrogen-bond donors (Lipinski definition) is 1. The van der Waals surface area contributed by atoms with E-state index in [1.54, 1.807) is 34.5 Å². The van der Waals surface area contributed by atoms with E-state index in [-0.39, 0.29) is 15.4 Å². The largest absolute Gasteiger partial charge is 0.280 e. The van der Waals surface area contributed by atoms with Crippen LogP contribution < -0.4 is 9.62 Å². The van der Waals surface area contributed by atoms with Gasteiger partial charge < -0.3 is 0 Å². The van der Waals surface area contributed by atoms with Gasteiger partial charge in [0.05, 0.1) is 5.25 Å². The molecule has 3 aromatic carbocycles. The third kappa shape index (κ3) is 5.65. The molecule has 1 heterocycles. The van der Waals surface area contributed by atoms with Gasteiger partial charge in [-0.25, -0.2) is 8.42 Å². The number of rotatable bonds is 8. The van der Waals surface area contributed by atoms with Gasteiger partial charge in [0.25, 0.3) is 10.0 Å². The van der Waals surface area contributed by atoms with Crippen LogP contribution in [-0.2, 0) is 14.8 Å².